The highest BCUT2D eigenvalue weighted by molar-refractivity contribution is 7.94. The minimum Gasteiger partial charge on any atom is -0.0836 e. The smallest absolute Gasteiger partial charge is 0.0495 e. The second-order valence-electron chi connectivity index (χ2n) is 4.04. The first-order valence-electron chi connectivity index (χ1n) is 5.05. The zero-order valence-electron chi connectivity index (χ0n) is 9.30. The molecule has 0 aliphatic heterocycles. The molecule has 0 fully saturated rings. The van der Waals surface area contributed by atoms with Crippen molar-refractivity contribution >= 4 is 37.0 Å². The summed E-state index contributed by atoms with van der Waals surface area (Å²) < 4.78 is 1.02. The lowest BCUT2D eigenvalue weighted by Gasteiger charge is -2.11. The molecular weight excluding hydrogens is 243 g/mol. The number of aryl methyl sites for hydroxylation is 1. The number of hydrogen-bond donors (Lipinski definition) is 0. The van der Waals surface area contributed by atoms with Crippen molar-refractivity contribution in [1.29, 1.82) is 0 Å². The molecule has 0 saturated heterocycles. The molecule has 0 nitrogen and oxygen atoms in total. The van der Waals surface area contributed by atoms with Crippen LogP contribution in [0.1, 0.15) is 25.0 Å². The molecule has 0 aromatic heterocycles. The van der Waals surface area contributed by atoms with Crippen molar-refractivity contribution in [3.05, 3.63) is 34.3 Å². The van der Waals surface area contributed by atoms with Crippen LogP contribution in [0.5, 0.6) is 0 Å². The van der Waals surface area contributed by atoms with Gasteiger partial charge in [0.2, 0.25) is 0 Å². The van der Waals surface area contributed by atoms with E-state index in [1.165, 1.54) is 5.56 Å². The summed E-state index contributed by atoms with van der Waals surface area (Å²) in [6.45, 7) is 6.50. The summed E-state index contributed by atoms with van der Waals surface area (Å²) in [5.74, 6) is 0.698. The third kappa shape index (κ3) is 3.83. The molecule has 15 heavy (non-hydrogen) atoms. The van der Waals surface area contributed by atoms with Gasteiger partial charge in [0.25, 0.3) is 0 Å². The number of halogens is 1. The second-order valence-corrected chi connectivity index (χ2v) is 6.48. The summed E-state index contributed by atoms with van der Waals surface area (Å²) >= 11 is 11.6. The van der Waals surface area contributed by atoms with Crippen LogP contribution in [0.15, 0.2) is 18.2 Å². The van der Waals surface area contributed by atoms with Gasteiger partial charge >= 0.3 is 0 Å². The fraction of sp³-hybridized carbons (Fsp3) is 0.417. The number of thiocarbonyl (C=S) groups is 1. The Labute approximate surface area is 104 Å². The van der Waals surface area contributed by atoms with Gasteiger partial charge < -0.3 is 0 Å². The third-order valence-electron chi connectivity index (χ3n) is 2.12. The minimum atomic E-state index is 0.698. The van der Waals surface area contributed by atoms with Gasteiger partial charge in [-0.2, -0.15) is 0 Å². The Kier molecular flexibility index (Phi) is 5.18. The van der Waals surface area contributed by atoms with E-state index in [0.717, 1.165) is 21.4 Å². The zero-order valence-corrected chi connectivity index (χ0v) is 11.9. The van der Waals surface area contributed by atoms with Gasteiger partial charge in [0.1, 0.15) is 0 Å². The molecule has 0 saturated carbocycles. The summed E-state index contributed by atoms with van der Waals surface area (Å²) in [5, 5.41) is 0.788. The zero-order chi connectivity index (χ0) is 11.4. The normalized spacial score (nSPS) is 11.5. The van der Waals surface area contributed by atoms with Crippen molar-refractivity contribution in [2.24, 2.45) is 5.92 Å². The molecule has 0 radical (unpaired) electrons. The SMILES string of the molecule is Cc1cccc(Cl)c1C(=S)PCC(C)C. The lowest BCUT2D eigenvalue weighted by Crippen LogP contribution is -1.99. The van der Waals surface area contributed by atoms with Gasteiger partial charge in [-0.15, -0.1) is 0 Å². The number of hydrogen-bond acceptors (Lipinski definition) is 1. The maximum atomic E-state index is 6.16. The Balaban J connectivity index is 2.82. The van der Waals surface area contributed by atoms with Crippen LogP contribution in [-0.4, -0.2) is 10.8 Å². The van der Waals surface area contributed by atoms with Crippen molar-refractivity contribution in [1.82, 2.24) is 0 Å². The van der Waals surface area contributed by atoms with Crippen LogP contribution in [0.4, 0.5) is 0 Å². The molecule has 82 valence electrons. The van der Waals surface area contributed by atoms with E-state index in [2.05, 4.69) is 26.8 Å². The molecule has 0 aliphatic rings. The fourth-order valence-electron chi connectivity index (χ4n) is 1.30. The van der Waals surface area contributed by atoms with Crippen LogP contribution >= 0.6 is 32.4 Å². The van der Waals surface area contributed by atoms with Crippen LogP contribution in [0, 0.1) is 12.8 Å². The van der Waals surface area contributed by atoms with Crippen molar-refractivity contribution in [2.45, 2.75) is 20.8 Å². The Morgan fingerprint density at radius 2 is 2.13 bits per heavy atom. The largest absolute Gasteiger partial charge is 0.0836 e. The standard InChI is InChI=1S/C12H16ClPS/c1-8(2)7-14-12(15)11-9(3)5-4-6-10(11)13/h4-6,8,14H,7H2,1-3H3. The van der Waals surface area contributed by atoms with Crippen LogP contribution in [0.3, 0.4) is 0 Å². The van der Waals surface area contributed by atoms with Gasteiger partial charge in [-0.1, -0.05) is 58.4 Å². The summed E-state index contributed by atoms with van der Waals surface area (Å²) in [7, 11) is 0.704. The van der Waals surface area contributed by atoms with E-state index in [9.17, 15) is 0 Å². The molecule has 0 aliphatic carbocycles. The topological polar surface area (TPSA) is 0 Å². The molecule has 0 N–H and O–H groups in total. The highest BCUT2D eigenvalue weighted by Crippen LogP contribution is 2.29. The summed E-state index contributed by atoms with van der Waals surface area (Å²) in [6.07, 6.45) is 1.16. The molecular formula is C12H16ClPS. The Morgan fingerprint density at radius 3 is 2.67 bits per heavy atom. The van der Waals surface area contributed by atoms with Gasteiger partial charge in [-0.05, 0) is 30.6 Å². The second kappa shape index (κ2) is 5.94. The highest BCUT2D eigenvalue weighted by atomic mass is 35.5. The van der Waals surface area contributed by atoms with Crippen molar-refractivity contribution < 1.29 is 0 Å². The van der Waals surface area contributed by atoms with E-state index in [-0.39, 0.29) is 0 Å². The van der Waals surface area contributed by atoms with Crippen LogP contribution in [-0.2, 0) is 0 Å². The predicted molar refractivity (Wildman–Crippen MR) is 75.9 cm³/mol. The van der Waals surface area contributed by atoms with E-state index >= 15 is 0 Å². The van der Waals surface area contributed by atoms with Crippen LogP contribution in [0.2, 0.25) is 5.02 Å². The van der Waals surface area contributed by atoms with E-state index in [1.807, 2.05) is 12.1 Å². The van der Waals surface area contributed by atoms with Gasteiger partial charge in [-0.25, -0.2) is 0 Å². The molecule has 1 aromatic carbocycles. The first-order chi connectivity index (χ1) is 7.02. The fourth-order valence-corrected chi connectivity index (χ4v) is 3.38. The monoisotopic (exact) mass is 258 g/mol. The van der Waals surface area contributed by atoms with Crippen molar-refractivity contribution in [2.75, 3.05) is 6.16 Å². The average Bonchev–Trinajstić information content (AvgIpc) is 2.14. The summed E-state index contributed by atoms with van der Waals surface area (Å²) in [5.41, 5.74) is 2.26. The van der Waals surface area contributed by atoms with E-state index in [0.29, 0.717) is 14.5 Å². The molecule has 1 aromatic rings. The van der Waals surface area contributed by atoms with Gasteiger partial charge in [0.05, 0.1) is 0 Å². The molecule has 0 bridgehead atoms. The van der Waals surface area contributed by atoms with Crippen LogP contribution < -0.4 is 0 Å². The first-order valence-corrected chi connectivity index (χ1v) is 7.05. The van der Waals surface area contributed by atoms with Gasteiger partial charge in [-0.3, -0.25) is 0 Å². The van der Waals surface area contributed by atoms with E-state index in [1.54, 1.807) is 0 Å². The lowest BCUT2D eigenvalue weighted by molar-refractivity contribution is 0.749. The lowest BCUT2D eigenvalue weighted by atomic mass is 10.1. The summed E-state index contributed by atoms with van der Waals surface area (Å²) in [6, 6.07) is 5.94. The Hall–Kier alpha value is 0.0300. The molecule has 1 unspecified atom stereocenters. The quantitative estimate of drug-likeness (QED) is 0.559. The molecule has 1 rings (SSSR count). The van der Waals surface area contributed by atoms with Gasteiger partial charge in [0.15, 0.2) is 0 Å². The maximum absolute atomic E-state index is 6.16. The van der Waals surface area contributed by atoms with Crippen LogP contribution in [0.25, 0.3) is 0 Å². The van der Waals surface area contributed by atoms with Crippen molar-refractivity contribution in [3.8, 4) is 0 Å². The molecule has 0 amide bonds. The molecule has 0 spiro atoms. The maximum Gasteiger partial charge on any atom is 0.0495 e. The Morgan fingerprint density at radius 1 is 1.47 bits per heavy atom. The van der Waals surface area contributed by atoms with Gasteiger partial charge in [0, 0.05) is 15.2 Å². The molecule has 0 heterocycles. The average molecular weight is 259 g/mol. The number of rotatable bonds is 4. The predicted octanol–water partition coefficient (Wildman–Crippen LogP) is 4.66. The Bertz CT molecular complexity index is 340. The third-order valence-corrected chi connectivity index (χ3v) is 4.66. The van der Waals surface area contributed by atoms with E-state index in [4.69, 9.17) is 23.8 Å². The summed E-state index contributed by atoms with van der Waals surface area (Å²) in [4.78, 5) is 0. The molecule has 3 heteroatoms. The van der Waals surface area contributed by atoms with Crippen molar-refractivity contribution in [3.63, 3.8) is 0 Å². The minimum absolute atomic E-state index is 0.698. The first kappa shape index (κ1) is 13.1. The number of benzene rings is 1. The molecule has 1 atom stereocenters. The van der Waals surface area contributed by atoms with E-state index < -0.39 is 0 Å². The highest BCUT2D eigenvalue weighted by Gasteiger charge is 2.09.